The molecule has 0 aromatic rings. The first-order chi connectivity index (χ1) is 8.91. The normalized spacial score (nSPS) is 43.1. The summed E-state index contributed by atoms with van der Waals surface area (Å²) < 4.78 is 0. The van der Waals surface area contributed by atoms with Gasteiger partial charge in [0.25, 0.3) is 0 Å². The molecule has 0 saturated heterocycles. The molecule has 0 radical (unpaired) electrons. The second-order valence-electron chi connectivity index (χ2n) is 8.57. The van der Waals surface area contributed by atoms with E-state index in [-0.39, 0.29) is 0 Å². The van der Waals surface area contributed by atoms with Gasteiger partial charge in [-0.3, -0.25) is 0 Å². The molecule has 2 fully saturated rings. The molecule has 0 bridgehead atoms. The summed E-state index contributed by atoms with van der Waals surface area (Å²) in [6, 6.07) is 0. The maximum Gasteiger partial charge on any atom is -0.00208 e. The highest BCUT2D eigenvalue weighted by molar-refractivity contribution is 4.91. The highest BCUT2D eigenvalue weighted by Crippen LogP contribution is 2.49. The molecule has 19 heavy (non-hydrogen) atoms. The number of rotatable bonds is 3. The van der Waals surface area contributed by atoms with Gasteiger partial charge in [0.15, 0.2) is 0 Å². The van der Waals surface area contributed by atoms with E-state index >= 15 is 0 Å². The third-order valence-corrected chi connectivity index (χ3v) is 5.87. The van der Waals surface area contributed by atoms with E-state index in [1.807, 2.05) is 0 Å². The average molecular weight is 265 g/mol. The van der Waals surface area contributed by atoms with Crippen LogP contribution in [0.3, 0.4) is 0 Å². The summed E-state index contributed by atoms with van der Waals surface area (Å²) >= 11 is 0. The fraction of sp³-hybridized carbons (Fsp3) is 1.00. The van der Waals surface area contributed by atoms with E-state index in [1.165, 1.54) is 45.1 Å². The summed E-state index contributed by atoms with van der Waals surface area (Å²) in [5.74, 6) is 4.81. The van der Waals surface area contributed by atoms with Gasteiger partial charge in [-0.25, -0.2) is 0 Å². The van der Waals surface area contributed by atoms with Crippen LogP contribution in [-0.4, -0.2) is 13.6 Å². The third kappa shape index (κ3) is 3.97. The van der Waals surface area contributed by atoms with Crippen LogP contribution in [0.5, 0.6) is 0 Å². The largest absolute Gasteiger partial charge is 0.319 e. The molecular formula is C18H35N. The number of hydrogen-bond donors (Lipinski definition) is 1. The lowest BCUT2D eigenvalue weighted by Gasteiger charge is -2.47. The zero-order valence-corrected chi connectivity index (χ0v) is 13.8. The lowest BCUT2D eigenvalue weighted by Crippen LogP contribution is -2.40. The van der Waals surface area contributed by atoms with E-state index in [4.69, 9.17) is 0 Å². The van der Waals surface area contributed by atoms with Gasteiger partial charge in [-0.2, -0.15) is 0 Å². The third-order valence-electron chi connectivity index (χ3n) is 5.87. The summed E-state index contributed by atoms with van der Waals surface area (Å²) in [5, 5.41) is 3.46. The molecule has 0 spiro atoms. The summed E-state index contributed by atoms with van der Waals surface area (Å²) in [6.07, 6.45) is 8.77. The minimum Gasteiger partial charge on any atom is -0.319 e. The van der Waals surface area contributed by atoms with Crippen molar-refractivity contribution in [3.63, 3.8) is 0 Å². The van der Waals surface area contributed by atoms with Crippen molar-refractivity contribution in [2.75, 3.05) is 13.6 Å². The van der Waals surface area contributed by atoms with Gasteiger partial charge < -0.3 is 5.32 Å². The number of hydrogen-bond acceptors (Lipinski definition) is 1. The summed E-state index contributed by atoms with van der Waals surface area (Å²) in [5.41, 5.74) is 0.582. The maximum atomic E-state index is 3.46. The molecule has 4 atom stereocenters. The molecule has 0 aromatic carbocycles. The van der Waals surface area contributed by atoms with E-state index in [0.717, 1.165) is 29.6 Å². The Labute approximate surface area is 120 Å². The Bertz CT molecular complexity index is 273. The summed E-state index contributed by atoms with van der Waals surface area (Å²) in [6.45, 7) is 11.2. The SMILES string of the molecule is CNCC1CCC(C)(C)CC1C1CC(C)CC(C)C1. The Morgan fingerprint density at radius 1 is 1.05 bits per heavy atom. The van der Waals surface area contributed by atoms with E-state index in [0.29, 0.717) is 5.41 Å². The van der Waals surface area contributed by atoms with Crippen LogP contribution in [-0.2, 0) is 0 Å². The van der Waals surface area contributed by atoms with Crippen molar-refractivity contribution in [1.82, 2.24) is 5.32 Å². The first-order valence-electron chi connectivity index (χ1n) is 8.56. The van der Waals surface area contributed by atoms with Gasteiger partial charge in [-0.1, -0.05) is 27.7 Å². The van der Waals surface area contributed by atoms with E-state index < -0.39 is 0 Å². The predicted octanol–water partition coefficient (Wildman–Crippen LogP) is 4.72. The topological polar surface area (TPSA) is 12.0 Å². The first-order valence-corrected chi connectivity index (χ1v) is 8.56. The van der Waals surface area contributed by atoms with Crippen molar-refractivity contribution in [1.29, 1.82) is 0 Å². The zero-order valence-electron chi connectivity index (χ0n) is 13.8. The van der Waals surface area contributed by atoms with Crippen LogP contribution in [0.25, 0.3) is 0 Å². The van der Waals surface area contributed by atoms with E-state index in [9.17, 15) is 0 Å². The Kier molecular flexibility index (Phi) is 4.98. The van der Waals surface area contributed by atoms with E-state index in [1.54, 1.807) is 0 Å². The van der Waals surface area contributed by atoms with Crippen molar-refractivity contribution in [3.05, 3.63) is 0 Å². The molecule has 0 aromatic heterocycles. The first kappa shape index (κ1) is 15.4. The maximum absolute atomic E-state index is 3.46. The molecule has 0 amide bonds. The molecule has 2 aliphatic rings. The van der Waals surface area contributed by atoms with Gasteiger partial charge in [-0.15, -0.1) is 0 Å². The molecule has 2 rings (SSSR count). The van der Waals surface area contributed by atoms with Gasteiger partial charge >= 0.3 is 0 Å². The zero-order chi connectivity index (χ0) is 14.0. The Balaban J connectivity index is 2.07. The van der Waals surface area contributed by atoms with Crippen molar-refractivity contribution >= 4 is 0 Å². The van der Waals surface area contributed by atoms with Crippen LogP contribution in [0.1, 0.15) is 66.2 Å². The molecule has 1 nitrogen and oxygen atoms in total. The predicted molar refractivity (Wildman–Crippen MR) is 84.2 cm³/mol. The molecule has 1 N–H and O–H groups in total. The molecule has 4 unspecified atom stereocenters. The second-order valence-corrected chi connectivity index (χ2v) is 8.57. The molecule has 112 valence electrons. The van der Waals surface area contributed by atoms with Crippen molar-refractivity contribution in [3.8, 4) is 0 Å². The lowest BCUT2D eigenvalue weighted by molar-refractivity contribution is 0.0379. The summed E-state index contributed by atoms with van der Waals surface area (Å²) in [4.78, 5) is 0. The van der Waals surface area contributed by atoms with Crippen LogP contribution in [0.15, 0.2) is 0 Å². The summed E-state index contributed by atoms with van der Waals surface area (Å²) in [7, 11) is 2.13. The molecule has 0 heterocycles. The smallest absolute Gasteiger partial charge is 0.00208 e. The highest BCUT2D eigenvalue weighted by atomic mass is 14.8. The van der Waals surface area contributed by atoms with Gasteiger partial charge in [0.05, 0.1) is 0 Å². The molecule has 0 aliphatic heterocycles. The second kappa shape index (κ2) is 6.16. The minimum absolute atomic E-state index is 0.582. The Morgan fingerprint density at radius 3 is 2.26 bits per heavy atom. The fourth-order valence-electron chi connectivity index (χ4n) is 5.12. The van der Waals surface area contributed by atoms with Crippen molar-refractivity contribution in [2.45, 2.75) is 66.2 Å². The van der Waals surface area contributed by atoms with Gasteiger partial charge in [-0.05, 0) is 87.1 Å². The van der Waals surface area contributed by atoms with Crippen molar-refractivity contribution < 1.29 is 0 Å². The average Bonchev–Trinajstić information content (AvgIpc) is 2.30. The molecule has 2 saturated carbocycles. The standard InChI is InChI=1S/C18H35N/c1-13-8-14(2)10-16(9-13)17-11-18(3,4)7-6-15(17)12-19-5/h13-17,19H,6-12H2,1-5H3. The van der Waals surface area contributed by atoms with Crippen LogP contribution in [0, 0.1) is 35.0 Å². The Morgan fingerprint density at radius 2 is 1.68 bits per heavy atom. The Hall–Kier alpha value is -0.0400. The molecule has 2 aliphatic carbocycles. The minimum atomic E-state index is 0.582. The van der Waals surface area contributed by atoms with Crippen LogP contribution in [0.2, 0.25) is 0 Å². The van der Waals surface area contributed by atoms with Gasteiger partial charge in [0.2, 0.25) is 0 Å². The van der Waals surface area contributed by atoms with Gasteiger partial charge in [0.1, 0.15) is 0 Å². The van der Waals surface area contributed by atoms with Crippen molar-refractivity contribution in [2.24, 2.45) is 35.0 Å². The lowest BCUT2D eigenvalue weighted by atomic mass is 9.59. The fourth-order valence-corrected chi connectivity index (χ4v) is 5.12. The molecular weight excluding hydrogens is 230 g/mol. The quantitative estimate of drug-likeness (QED) is 0.778. The van der Waals surface area contributed by atoms with Crippen LogP contribution in [0.4, 0.5) is 0 Å². The van der Waals surface area contributed by atoms with E-state index in [2.05, 4.69) is 40.1 Å². The monoisotopic (exact) mass is 265 g/mol. The number of nitrogens with one attached hydrogen (secondary N) is 1. The highest BCUT2D eigenvalue weighted by Gasteiger charge is 2.40. The van der Waals surface area contributed by atoms with Crippen LogP contribution < -0.4 is 5.32 Å². The molecule has 1 heteroatoms. The van der Waals surface area contributed by atoms with Gasteiger partial charge in [0, 0.05) is 0 Å². The van der Waals surface area contributed by atoms with Crippen LogP contribution >= 0.6 is 0 Å².